The van der Waals surface area contributed by atoms with Gasteiger partial charge in [-0.05, 0) is 29.7 Å². The van der Waals surface area contributed by atoms with Gasteiger partial charge in [0, 0.05) is 34.1 Å². The van der Waals surface area contributed by atoms with Gasteiger partial charge < -0.3 is 9.90 Å². The van der Waals surface area contributed by atoms with Gasteiger partial charge in [-0.3, -0.25) is 9.59 Å². The van der Waals surface area contributed by atoms with Crippen molar-refractivity contribution >= 4 is 23.7 Å². The minimum absolute atomic E-state index is 0. The van der Waals surface area contributed by atoms with Crippen molar-refractivity contribution in [3.05, 3.63) is 143 Å². The molecule has 1 atom stereocenters. The van der Waals surface area contributed by atoms with E-state index in [1.165, 1.54) is 5.56 Å². The molecule has 4 aromatic rings. The maximum Gasteiger partial charge on any atom is 0.373 e. The Bertz CT molecular complexity index is 1390. The largest absolute Gasteiger partial charge is 0.550 e. The zero-order valence-electron chi connectivity index (χ0n) is 21.1. The van der Waals surface area contributed by atoms with Crippen LogP contribution in [0.3, 0.4) is 0 Å². The van der Waals surface area contributed by atoms with Crippen molar-refractivity contribution in [2.24, 2.45) is 0 Å². The summed E-state index contributed by atoms with van der Waals surface area (Å²) >= 11 is 0. The highest BCUT2D eigenvalue weighted by atomic mass is 16.4. The molecule has 6 heteroatoms. The van der Waals surface area contributed by atoms with Gasteiger partial charge in [0.15, 0.2) is 11.6 Å². The van der Waals surface area contributed by atoms with Crippen LogP contribution in [-0.2, 0) is 20.8 Å². The van der Waals surface area contributed by atoms with Crippen molar-refractivity contribution in [3.63, 3.8) is 0 Å². The Morgan fingerprint density at radius 3 is 1.48 bits per heavy atom. The summed E-state index contributed by atoms with van der Waals surface area (Å²) in [6.07, 6.45) is 1.20. The fourth-order valence-corrected chi connectivity index (χ4v) is 3.53. The van der Waals surface area contributed by atoms with E-state index in [4.69, 9.17) is 9.59 Å². The van der Waals surface area contributed by atoms with Crippen LogP contribution in [-0.4, -0.2) is 23.7 Å². The molecule has 0 aliphatic heterocycles. The third-order valence-corrected chi connectivity index (χ3v) is 5.67. The molecular formula is C34H35O6-. The summed E-state index contributed by atoms with van der Waals surface area (Å²) < 4.78 is 0. The van der Waals surface area contributed by atoms with Gasteiger partial charge in [0.25, 0.3) is 0 Å². The average molecular weight is 540 g/mol. The monoisotopic (exact) mass is 539 g/mol. The summed E-state index contributed by atoms with van der Waals surface area (Å²) in [7, 11) is 0. The van der Waals surface area contributed by atoms with Crippen molar-refractivity contribution in [1.82, 2.24) is 0 Å². The van der Waals surface area contributed by atoms with Crippen LogP contribution in [0.15, 0.2) is 109 Å². The predicted molar refractivity (Wildman–Crippen MR) is 154 cm³/mol. The lowest BCUT2D eigenvalue weighted by molar-refractivity contribution is -0.307. The second-order valence-electron chi connectivity index (χ2n) is 8.19. The van der Waals surface area contributed by atoms with E-state index in [9.17, 15) is 19.5 Å². The Morgan fingerprint density at radius 1 is 0.650 bits per heavy atom. The minimum atomic E-state index is -1.15. The van der Waals surface area contributed by atoms with Gasteiger partial charge in [-0.25, -0.2) is 0 Å². The lowest BCUT2D eigenvalue weighted by atomic mass is 9.96. The maximum absolute atomic E-state index is 12.2. The van der Waals surface area contributed by atoms with Gasteiger partial charge in [-0.1, -0.05) is 126 Å². The zero-order chi connectivity index (χ0) is 27.9. The summed E-state index contributed by atoms with van der Waals surface area (Å²) in [6, 6.07) is 32.8. The molecule has 0 spiro atoms. The van der Waals surface area contributed by atoms with Gasteiger partial charge in [0.2, 0.25) is 0 Å². The van der Waals surface area contributed by atoms with Crippen LogP contribution in [0.25, 0.3) is 0 Å². The molecular weight excluding hydrogens is 504 g/mol. The smallest absolute Gasteiger partial charge is 0.373 e. The maximum atomic E-state index is 12.2. The fraction of sp³-hybridized carbons (Fsp3) is 0.176. The first-order valence-corrected chi connectivity index (χ1v) is 11.9. The molecule has 0 fully saturated rings. The predicted octanol–water partition coefficient (Wildman–Crippen LogP) is 5.94. The van der Waals surface area contributed by atoms with E-state index in [2.05, 4.69) is 6.92 Å². The number of rotatable bonds is 7. The van der Waals surface area contributed by atoms with Crippen molar-refractivity contribution in [2.75, 3.05) is 0 Å². The standard InChI is InChI=1S/C16H14O3.C15H14O.CO2.2CH4/c1-11(16(18)19)13-8-5-9-14(10-13)15(17)12-6-3-2-4-7-12;1-2-12-7-6-10-14(11-12)15(16)13-8-4-3-5-9-13;2-1-3;;/h2-11H,1H3,(H,18,19);3-11H,2H2,1H3;;2*1H4/p-1. The number of aliphatic carboxylic acids is 1. The van der Waals surface area contributed by atoms with E-state index in [0.29, 0.717) is 16.7 Å². The van der Waals surface area contributed by atoms with Crippen molar-refractivity contribution < 1.29 is 29.1 Å². The van der Waals surface area contributed by atoms with Gasteiger partial charge in [-0.2, -0.15) is 9.59 Å². The highest BCUT2D eigenvalue weighted by Crippen LogP contribution is 2.18. The number of benzene rings is 4. The van der Waals surface area contributed by atoms with Crippen LogP contribution >= 0.6 is 0 Å². The summed E-state index contributed by atoms with van der Waals surface area (Å²) in [5, 5.41) is 10.9. The van der Waals surface area contributed by atoms with Gasteiger partial charge in [-0.15, -0.1) is 0 Å². The number of hydrogen-bond acceptors (Lipinski definition) is 6. The van der Waals surface area contributed by atoms with Crippen LogP contribution in [0, 0.1) is 0 Å². The van der Waals surface area contributed by atoms with Gasteiger partial charge >= 0.3 is 6.15 Å². The van der Waals surface area contributed by atoms with Gasteiger partial charge in [0.05, 0.1) is 0 Å². The fourth-order valence-electron chi connectivity index (χ4n) is 3.53. The molecule has 0 aliphatic carbocycles. The Kier molecular flexibility index (Phi) is 16.1. The Morgan fingerprint density at radius 2 is 1.05 bits per heavy atom. The second-order valence-corrected chi connectivity index (χ2v) is 8.19. The summed E-state index contributed by atoms with van der Waals surface area (Å²) in [5.41, 5.74) is 4.35. The molecule has 40 heavy (non-hydrogen) atoms. The molecule has 0 radical (unpaired) electrons. The molecule has 0 aliphatic rings. The highest BCUT2D eigenvalue weighted by molar-refractivity contribution is 6.09. The number of carbonyl (C=O) groups excluding carboxylic acids is 5. The Balaban J connectivity index is 0.000000669. The van der Waals surface area contributed by atoms with Crippen LogP contribution < -0.4 is 5.11 Å². The molecule has 4 aromatic carbocycles. The zero-order valence-corrected chi connectivity index (χ0v) is 21.1. The third-order valence-electron chi connectivity index (χ3n) is 5.67. The normalized spacial score (nSPS) is 9.85. The Labute approximate surface area is 236 Å². The highest BCUT2D eigenvalue weighted by Gasteiger charge is 2.12. The summed E-state index contributed by atoms with van der Waals surface area (Å²) in [5.74, 6) is -1.91. The first kappa shape index (κ1) is 35.1. The molecule has 0 saturated heterocycles. The number of carboxylic acids is 1. The van der Waals surface area contributed by atoms with E-state index >= 15 is 0 Å². The third kappa shape index (κ3) is 10.4. The van der Waals surface area contributed by atoms with E-state index in [0.717, 1.165) is 17.5 Å². The summed E-state index contributed by atoms with van der Waals surface area (Å²) in [4.78, 5) is 51.4. The van der Waals surface area contributed by atoms with E-state index < -0.39 is 11.9 Å². The molecule has 0 saturated carbocycles. The minimum Gasteiger partial charge on any atom is -0.550 e. The van der Waals surface area contributed by atoms with Crippen LogP contribution in [0.4, 0.5) is 0 Å². The van der Waals surface area contributed by atoms with Crippen LogP contribution in [0.2, 0.25) is 0 Å². The molecule has 4 rings (SSSR count). The lowest BCUT2D eigenvalue weighted by Crippen LogP contribution is -2.28. The number of carbonyl (C=O) groups is 3. The van der Waals surface area contributed by atoms with E-state index in [1.807, 2.05) is 60.7 Å². The van der Waals surface area contributed by atoms with Crippen molar-refractivity contribution in [3.8, 4) is 0 Å². The molecule has 1 unspecified atom stereocenters. The molecule has 0 bridgehead atoms. The lowest BCUT2D eigenvalue weighted by Gasteiger charge is -2.13. The topological polar surface area (TPSA) is 108 Å². The van der Waals surface area contributed by atoms with Crippen molar-refractivity contribution in [1.29, 1.82) is 0 Å². The number of hydrogen-bond donors (Lipinski definition) is 0. The van der Waals surface area contributed by atoms with Crippen LogP contribution in [0.1, 0.15) is 77.6 Å². The number of ketones is 2. The molecule has 0 N–H and O–H groups in total. The quantitative estimate of drug-likeness (QED) is 0.269. The van der Waals surface area contributed by atoms with E-state index in [-0.39, 0.29) is 32.6 Å². The molecule has 6 nitrogen and oxygen atoms in total. The SMILES string of the molecule is C.C.CC(C(=O)[O-])c1cccc(C(=O)c2ccccc2)c1.CCc1cccc(C(=O)c2ccccc2)c1.O=C=O. The molecule has 0 heterocycles. The van der Waals surface area contributed by atoms with Gasteiger partial charge in [0.1, 0.15) is 0 Å². The van der Waals surface area contributed by atoms with E-state index in [1.54, 1.807) is 55.5 Å². The van der Waals surface area contributed by atoms with Crippen molar-refractivity contribution in [2.45, 2.75) is 41.0 Å². The molecule has 0 amide bonds. The molecule has 0 aromatic heterocycles. The number of aryl methyl sites for hydroxylation is 1. The summed E-state index contributed by atoms with van der Waals surface area (Å²) in [6.45, 7) is 3.63. The van der Waals surface area contributed by atoms with Crippen LogP contribution in [0.5, 0.6) is 0 Å². The average Bonchev–Trinajstić information content (AvgIpc) is 2.97. The number of carboxylic acid groups (broad SMARTS) is 1. The molecule has 208 valence electrons. The first-order chi connectivity index (χ1) is 18.3. The second kappa shape index (κ2) is 18.3. The Hall–Kier alpha value is -4.93. The first-order valence-electron chi connectivity index (χ1n) is 11.9.